The number of rotatable bonds is 5. The fraction of sp³-hybridized carbons (Fsp3) is 0.533. The molecule has 2 aromatic heterocycles. The topological polar surface area (TPSA) is 71.3 Å². The molecule has 2 aliphatic rings. The van der Waals surface area contributed by atoms with Crippen LogP contribution in [0.3, 0.4) is 0 Å². The summed E-state index contributed by atoms with van der Waals surface area (Å²) in [6.45, 7) is 2.75. The van der Waals surface area contributed by atoms with Gasteiger partial charge in [0.25, 0.3) is 0 Å². The smallest absolute Gasteiger partial charge is 0.324 e. The summed E-state index contributed by atoms with van der Waals surface area (Å²) in [5.41, 5.74) is 1.60. The number of carbonyl (C=O) groups excluding carboxylic acids is 1. The van der Waals surface area contributed by atoms with Crippen molar-refractivity contribution in [2.24, 2.45) is 5.92 Å². The Morgan fingerprint density at radius 1 is 1.50 bits per heavy atom. The number of furan rings is 1. The molecular weight excluding hydrogens is 300 g/mol. The second-order valence-electron chi connectivity index (χ2n) is 6.16. The Morgan fingerprint density at radius 2 is 2.32 bits per heavy atom. The molecule has 0 spiro atoms. The molecule has 2 aromatic rings. The molecular formula is C15H18N4O2S. The Kier molecular flexibility index (Phi) is 3.37. The van der Waals surface area contributed by atoms with Gasteiger partial charge >= 0.3 is 6.03 Å². The van der Waals surface area contributed by atoms with Crippen molar-refractivity contribution in [1.82, 2.24) is 15.1 Å². The Bertz CT molecular complexity index is 665. The highest BCUT2D eigenvalue weighted by Crippen LogP contribution is 2.47. The van der Waals surface area contributed by atoms with Gasteiger partial charge in [0.1, 0.15) is 17.0 Å². The molecule has 2 fully saturated rings. The van der Waals surface area contributed by atoms with Crippen LogP contribution in [0.5, 0.6) is 0 Å². The van der Waals surface area contributed by atoms with Crippen LogP contribution in [0.2, 0.25) is 0 Å². The minimum absolute atomic E-state index is 0.128. The Balaban J connectivity index is 1.43. The Labute approximate surface area is 132 Å². The normalized spacial score (nSPS) is 23.3. The van der Waals surface area contributed by atoms with E-state index in [2.05, 4.69) is 28.5 Å². The molecule has 6 nitrogen and oxygen atoms in total. The van der Waals surface area contributed by atoms with E-state index in [0.717, 1.165) is 30.3 Å². The van der Waals surface area contributed by atoms with Crippen LogP contribution in [-0.2, 0) is 6.54 Å². The third-order valence-corrected chi connectivity index (χ3v) is 4.91. The van der Waals surface area contributed by atoms with Crippen LogP contribution < -0.4 is 5.32 Å². The zero-order valence-electron chi connectivity index (χ0n) is 12.4. The number of hydrogen-bond donors (Lipinski definition) is 1. The van der Waals surface area contributed by atoms with Gasteiger partial charge in [-0.2, -0.15) is 0 Å². The molecule has 0 aliphatic heterocycles. The van der Waals surface area contributed by atoms with Crippen LogP contribution >= 0.6 is 11.3 Å². The summed E-state index contributed by atoms with van der Waals surface area (Å²) in [6, 6.07) is 4.23. The minimum Gasteiger partial charge on any atom is -0.464 e. The molecule has 2 amide bonds. The SMILES string of the molecule is CC1CC1c1ccc(CN(C(=O)Nc2nncs2)C2CC2)o1. The molecule has 2 unspecified atom stereocenters. The monoisotopic (exact) mass is 318 g/mol. The number of hydrogen-bond acceptors (Lipinski definition) is 5. The number of anilines is 1. The van der Waals surface area contributed by atoms with Crippen molar-refractivity contribution in [3.8, 4) is 0 Å². The first kappa shape index (κ1) is 13.8. The van der Waals surface area contributed by atoms with E-state index in [4.69, 9.17) is 4.42 Å². The van der Waals surface area contributed by atoms with Gasteiger partial charge in [-0.3, -0.25) is 5.32 Å². The quantitative estimate of drug-likeness (QED) is 0.916. The highest BCUT2D eigenvalue weighted by molar-refractivity contribution is 7.13. The van der Waals surface area contributed by atoms with Crippen molar-refractivity contribution in [2.75, 3.05) is 5.32 Å². The number of nitrogens with zero attached hydrogens (tertiary/aromatic N) is 3. The van der Waals surface area contributed by atoms with Crippen LogP contribution in [0.4, 0.5) is 9.93 Å². The van der Waals surface area contributed by atoms with Gasteiger partial charge in [-0.15, -0.1) is 10.2 Å². The second kappa shape index (κ2) is 5.39. The molecule has 0 aromatic carbocycles. The Hall–Kier alpha value is -1.89. The zero-order valence-corrected chi connectivity index (χ0v) is 13.2. The molecule has 2 atom stereocenters. The lowest BCUT2D eigenvalue weighted by Crippen LogP contribution is -2.36. The summed E-state index contributed by atoms with van der Waals surface area (Å²) in [5.74, 6) is 3.20. The third kappa shape index (κ3) is 2.85. The van der Waals surface area contributed by atoms with Gasteiger partial charge in [-0.1, -0.05) is 18.3 Å². The average Bonchev–Trinajstić information content (AvgIpc) is 3.36. The van der Waals surface area contributed by atoms with Crippen molar-refractivity contribution in [3.63, 3.8) is 0 Å². The zero-order chi connectivity index (χ0) is 15.1. The maximum atomic E-state index is 12.4. The maximum Gasteiger partial charge on any atom is 0.324 e. The van der Waals surface area contributed by atoms with Crippen LogP contribution in [0, 0.1) is 5.92 Å². The molecule has 1 N–H and O–H groups in total. The summed E-state index contributed by atoms with van der Waals surface area (Å²) >= 11 is 1.32. The predicted molar refractivity (Wildman–Crippen MR) is 82.7 cm³/mol. The standard InChI is InChI=1S/C15H18N4O2S/c1-9-6-12(9)13-5-4-11(21-13)7-19(10-2-3-10)15(20)17-14-18-16-8-22-14/h4-5,8-10,12H,2-3,6-7H2,1H3,(H,17,18,20). The summed E-state index contributed by atoms with van der Waals surface area (Å²) in [4.78, 5) is 14.2. The minimum atomic E-state index is -0.128. The van der Waals surface area contributed by atoms with E-state index < -0.39 is 0 Å². The predicted octanol–water partition coefficient (Wildman–Crippen LogP) is 3.45. The molecule has 7 heteroatoms. The van der Waals surface area contributed by atoms with Gasteiger partial charge in [0.2, 0.25) is 5.13 Å². The molecule has 0 saturated heterocycles. The van der Waals surface area contributed by atoms with Crippen LogP contribution in [-0.4, -0.2) is 27.2 Å². The van der Waals surface area contributed by atoms with Crippen molar-refractivity contribution >= 4 is 22.5 Å². The molecule has 0 bridgehead atoms. The molecule has 2 aliphatic carbocycles. The molecule has 2 saturated carbocycles. The first-order valence-electron chi connectivity index (χ1n) is 7.63. The fourth-order valence-corrected chi connectivity index (χ4v) is 3.14. The summed E-state index contributed by atoms with van der Waals surface area (Å²) in [5, 5.41) is 10.9. The highest BCUT2D eigenvalue weighted by atomic mass is 32.1. The van der Waals surface area contributed by atoms with Crippen molar-refractivity contribution in [3.05, 3.63) is 29.2 Å². The summed E-state index contributed by atoms with van der Waals surface area (Å²) in [6.07, 6.45) is 3.31. The van der Waals surface area contributed by atoms with E-state index in [0.29, 0.717) is 23.6 Å². The summed E-state index contributed by atoms with van der Waals surface area (Å²) < 4.78 is 5.92. The Morgan fingerprint density at radius 3 is 2.95 bits per heavy atom. The maximum absolute atomic E-state index is 12.4. The van der Waals surface area contributed by atoms with Crippen molar-refractivity contribution in [2.45, 2.75) is 44.7 Å². The van der Waals surface area contributed by atoms with Gasteiger partial charge in [0, 0.05) is 12.0 Å². The van der Waals surface area contributed by atoms with Gasteiger partial charge < -0.3 is 9.32 Å². The van der Waals surface area contributed by atoms with Crippen molar-refractivity contribution < 1.29 is 9.21 Å². The van der Waals surface area contributed by atoms with Gasteiger partial charge in [0.15, 0.2) is 0 Å². The number of aromatic nitrogens is 2. The molecule has 2 heterocycles. The average molecular weight is 318 g/mol. The van der Waals surface area contributed by atoms with E-state index in [-0.39, 0.29) is 6.03 Å². The van der Waals surface area contributed by atoms with Gasteiger partial charge in [-0.05, 0) is 37.3 Å². The molecule has 0 radical (unpaired) electrons. The number of amides is 2. The second-order valence-corrected chi connectivity index (χ2v) is 6.99. The van der Waals surface area contributed by atoms with E-state index in [1.807, 2.05) is 11.0 Å². The first-order chi connectivity index (χ1) is 10.7. The lowest BCUT2D eigenvalue weighted by molar-refractivity contribution is 0.200. The largest absolute Gasteiger partial charge is 0.464 e. The highest BCUT2D eigenvalue weighted by Gasteiger charge is 2.37. The van der Waals surface area contributed by atoms with E-state index >= 15 is 0 Å². The molecule has 4 rings (SSSR count). The molecule has 22 heavy (non-hydrogen) atoms. The third-order valence-electron chi connectivity index (χ3n) is 4.31. The summed E-state index contributed by atoms with van der Waals surface area (Å²) in [7, 11) is 0. The van der Waals surface area contributed by atoms with Crippen LogP contribution in [0.15, 0.2) is 22.1 Å². The fourth-order valence-electron chi connectivity index (χ4n) is 2.71. The molecule has 116 valence electrons. The lowest BCUT2D eigenvalue weighted by atomic mass is 10.3. The van der Waals surface area contributed by atoms with Gasteiger partial charge in [0.05, 0.1) is 6.54 Å². The number of nitrogens with one attached hydrogen (secondary N) is 1. The van der Waals surface area contributed by atoms with Crippen molar-refractivity contribution in [1.29, 1.82) is 0 Å². The lowest BCUT2D eigenvalue weighted by Gasteiger charge is -2.20. The van der Waals surface area contributed by atoms with Crippen LogP contribution in [0.25, 0.3) is 0 Å². The van der Waals surface area contributed by atoms with E-state index in [1.165, 1.54) is 17.8 Å². The van der Waals surface area contributed by atoms with E-state index in [1.54, 1.807) is 5.51 Å². The van der Waals surface area contributed by atoms with Crippen LogP contribution in [0.1, 0.15) is 43.6 Å². The number of carbonyl (C=O) groups is 1. The van der Waals surface area contributed by atoms with Gasteiger partial charge in [-0.25, -0.2) is 4.79 Å². The number of urea groups is 1. The first-order valence-corrected chi connectivity index (χ1v) is 8.51. The van der Waals surface area contributed by atoms with E-state index in [9.17, 15) is 4.79 Å².